The van der Waals surface area contributed by atoms with Gasteiger partial charge in [-0.3, -0.25) is 0 Å². The Balaban J connectivity index is 0.000000179. The number of phenolic OH excluding ortho intramolecular Hbond substituents is 8. The fourth-order valence-electron chi connectivity index (χ4n) is 5.29. The van der Waals surface area contributed by atoms with E-state index in [9.17, 15) is 46.0 Å². The van der Waals surface area contributed by atoms with Crippen LogP contribution in [0.15, 0.2) is 60.7 Å². The van der Waals surface area contributed by atoms with Gasteiger partial charge < -0.3 is 55.4 Å². The first-order chi connectivity index (χ1) is 21.4. The minimum atomic E-state index is -0.933. The van der Waals surface area contributed by atoms with E-state index >= 15 is 0 Å². The molecular weight excluding hydrogens is 624 g/mol. The molecule has 0 fully saturated rings. The number of thiol groups is 1. The van der Waals surface area contributed by atoms with Gasteiger partial charge in [-0.2, -0.15) is 24.4 Å². The van der Waals surface area contributed by atoms with Gasteiger partial charge in [0.05, 0.1) is 6.10 Å². The predicted octanol–water partition coefficient (Wildman–Crippen LogP) is 5.28. The van der Waals surface area contributed by atoms with Crippen LogP contribution in [0.3, 0.4) is 0 Å². The fraction of sp³-hybridized carbons (Fsp3) is 0.250. The maximum atomic E-state index is 10.2. The molecule has 0 saturated heterocycles. The van der Waals surface area contributed by atoms with Crippen LogP contribution >= 0.6 is 24.4 Å². The molecule has 0 aromatic heterocycles. The Kier molecular flexibility index (Phi) is 9.42. The summed E-state index contributed by atoms with van der Waals surface area (Å²) in [6, 6.07) is 14.0. The summed E-state index contributed by atoms with van der Waals surface area (Å²) in [5.74, 6) is 0.891. The van der Waals surface area contributed by atoms with E-state index in [2.05, 4.69) is 12.6 Å². The van der Waals surface area contributed by atoms with Crippen LogP contribution in [0.1, 0.15) is 46.1 Å². The van der Waals surface area contributed by atoms with E-state index in [4.69, 9.17) is 9.47 Å². The molecule has 11 nitrogen and oxygen atoms in total. The summed E-state index contributed by atoms with van der Waals surface area (Å²) in [6.07, 6.45) is -1.33. The number of aliphatic hydroxyl groups excluding tert-OH is 1. The second kappa shape index (κ2) is 13.3. The summed E-state index contributed by atoms with van der Waals surface area (Å²) in [7, 11) is 0. The number of hydrogen-bond acceptors (Lipinski definition) is 13. The summed E-state index contributed by atoms with van der Waals surface area (Å²) in [6.45, 7) is 0. The molecule has 3 unspecified atom stereocenters. The molecule has 0 bridgehead atoms. The Hall–Kier alpha value is -4.46. The summed E-state index contributed by atoms with van der Waals surface area (Å²) >= 11 is 5.89. The first kappa shape index (κ1) is 31.9. The number of thioether (sulfide) groups is 1. The Labute approximate surface area is 267 Å². The van der Waals surface area contributed by atoms with Crippen molar-refractivity contribution in [1.82, 2.24) is 0 Å². The number of rotatable bonds is 5. The van der Waals surface area contributed by atoms with E-state index in [0.29, 0.717) is 34.6 Å². The molecule has 0 amide bonds. The molecular formula is C32H32O11S2. The third-order valence-electron chi connectivity index (χ3n) is 7.42. The minimum absolute atomic E-state index is 0.00803. The Bertz CT molecular complexity index is 1700. The molecule has 2 aliphatic rings. The largest absolute Gasteiger partial charge is 0.508 e. The van der Waals surface area contributed by atoms with Gasteiger partial charge in [0.2, 0.25) is 0 Å². The molecule has 2 aliphatic heterocycles. The zero-order chi connectivity index (χ0) is 32.4. The second-order valence-corrected chi connectivity index (χ2v) is 12.3. The molecule has 6 rings (SSSR count). The van der Waals surface area contributed by atoms with Crippen molar-refractivity contribution >= 4 is 24.4 Å². The monoisotopic (exact) mass is 656 g/mol. The fourth-order valence-corrected chi connectivity index (χ4v) is 6.71. The van der Waals surface area contributed by atoms with Gasteiger partial charge in [-0.25, -0.2) is 0 Å². The van der Waals surface area contributed by atoms with E-state index in [1.807, 2.05) is 0 Å². The molecule has 238 valence electrons. The van der Waals surface area contributed by atoms with Crippen molar-refractivity contribution in [3.63, 3.8) is 0 Å². The predicted molar refractivity (Wildman–Crippen MR) is 169 cm³/mol. The van der Waals surface area contributed by atoms with Crippen LogP contribution in [0.5, 0.6) is 57.5 Å². The lowest BCUT2D eigenvalue weighted by molar-refractivity contribution is 0.0197. The number of aliphatic hydroxyl groups is 1. The molecule has 9 N–H and O–H groups in total. The standard InChI is InChI=1S/C17H18O5S2.C15H14O6/c18-10-6-13(21)17-15(7-10)22-14(8-16(17)24-4-3-23)9-1-2-11(19)12(20)5-9;16-8-4-11(18)9-6-13(20)15(21-14(9)5-8)7-1-2-10(17)12(19)3-7/h1-2,5-7,14,16,18-21,23H,3-4,8H2;1-5,13,15-20H,6H2/t14-,16?;/m0./s1. The van der Waals surface area contributed by atoms with Crippen molar-refractivity contribution in [2.45, 2.75) is 36.4 Å². The van der Waals surface area contributed by atoms with Gasteiger partial charge in [-0.05, 0) is 41.1 Å². The molecule has 4 aromatic rings. The SMILES string of the molecule is Oc1cc(O)c2c(c1)OC(c1ccc(O)c(O)c1)C(O)C2.Oc1cc(O)c2c(c1)O[C@H](c1ccc(O)c(O)c1)CC2SCCS. The van der Waals surface area contributed by atoms with Crippen LogP contribution in [0, 0.1) is 0 Å². The van der Waals surface area contributed by atoms with Crippen molar-refractivity contribution in [2.24, 2.45) is 0 Å². The van der Waals surface area contributed by atoms with Crippen molar-refractivity contribution < 1.29 is 55.4 Å². The number of hydrogen-bond donors (Lipinski definition) is 10. The van der Waals surface area contributed by atoms with Crippen LogP contribution in [0.4, 0.5) is 0 Å². The smallest absolute Gasteiger partial charge is 0.157 e. The highest BCUT2D eigenvalue weighted by atomic mass is 32.2. The van der Waals surface area contributed by atoms with Gasteiger partial charge >= 0.3 is 0 Å². The number of aromatic hydroxyl groups is 8. The summed E-state index contributed by atoms with van der Waals surface area (Å²) in [5.41, 5.74) is 2.28. The van der Waals surface area contributed by atoms with Crippen molar-refractivity contribution in [1.29, 1.82) is 0 Å². The van der Waals surface area contributed by atoms with Gasteiger partial charge in [0.1, 0.15) is 46.7 Å². The van der Waals surface area contributed by atoms with E-state index in [1.54, 1.807) is 17.8 Å². The third kappa shape index (κ3) is 6.95. The maximum Gasteiger partial charge on any atom is 0.157 e. The third-order valence-corrected chi connectivity index (χ3v) is 9.22. The molecule has 4 atom stereocenters. The Morgan fingerprint density at radius 1 is 0.667 bits per heavy atom. The van der Waals surface area contributed by atoms with E-state index in [0.717, 1.165) is 11.3 Å². The van der Waals surface area contributed by atoms with Crippen molar-refractivity contribution in [3.05, 3.63) is 82.9 Å². The number of phenols is 8. The molecule has 0 spiro atoms. The molecule has 0 saturated carbocycles. The number of benzene rings is 4. The van der Waals surface area contributed by atoms with Gasteiger partial charge in [0.15, 0.2) is 23.0 Å². The van der Waals surface area contributed by atoms with E-state index in [1.165, 1.54) is 54.6 Å². The molecule has 45 heavy (non-hydrogen) atoms. The number of ether oxygens (including phenoxy) is 2. The lowest BCUT2D eigenvalue weighted by Gasteiger charge is -2.32. The first-order valence-corrected chi connectivity index (χ1v) is 15.5. The van der Waals surface area contributed by atoms with Crippen LogP contribution < -0.4 is 9.47 Å². The lowest BCUT2D eigenvalue weighted by Crippen LogP contribution is -2.30. The average molecular weight is 657 g/mol. The lowest BCUT2D eigenvalue weighted by atomic mass is 9.94. The Morgan fingerprint density at radius 3 is 1.91 bits per heavy atom. The number of fused-ring (bicyclic) bond motifs is 2. The zero-order valence-corrected chi connectivity index (χ0v) is 25.3. The summed E-state index contributed by atoms with van der Waals surface area (Å²) in [4.78, 5) is 0. The molecule has 13 heteroatoms. The highest BCUT2D eigenvalue weighted by Crippen LogP contribution is 2.52. The normalized spacial score (nSPS) is 20.0. The van der Waals surface area contributed by atoms with Crippen LogP contribution in [-0.4, -0.2) is 63.6 Å². The maximum absolute atomic E-state index is 10.2. The van der Waals surface area contributed by atoms with Gasteiger partial charge in [0, 0.05) is 59.2 Å². The molecule has 4 aromatic carbocycles. The zero-order valence-electron chi connectivity index (χ0n) is 23.6. The second-order valence-electron chi connectivity index (χ2n) is 10.5. The van der Waals surface area contributed by atoms with Crippen molar-refractivity contribution in [3.8, 4) is 57.5 Å². The van der Waals surface area contributed by atoms with Crippen LogP contribution in [0.25, 0.3) is 0 Å². The summed E-state index contributed by atoms with van der Waals surface area (Å²) < 4.78 is 11.6. The average Bonchev–Trinajstić information content (AvgIpc) is 2.98. The van der Waals surface area contributed by atoms with Crippen LogP contribution in [-0.2, 0) is 6.42 Å². The minimum Gasteiger partial charge on any atom is -0.508 e. The molecule has 0 radical (unpaired) electrons. The van der Waals surface area contributed by atoms with Gasteiger partial charge in [0.25, 0.3) is 0 Å². The topological polar surface area (TPSA) is 201 Å². The first-order valence-electron chi connectivity index (χ1n) is 13.8. The Morgan fingerprint density at radius 2 is 1.27 bits per heavy atom. The van der Waals surface area contributed by atoms with Crippen LogP contribution in [0.2, 0.25) is 0 Å². The van der Waals surface area contributed by atoms with Crippen molar-refractivity contribution in [2.75, 3.05) is 11.5 Å². The van der Waals surface area contributed by atoms with E-state index < -0.39 is 12.2 Å². The highest BCUT2D eigenvalue weighted by molar-refractivity contribution is 8.00. The quantitative estimate of drug-likeness (QED) is 0.0986. The summed E-state index contributed by atoms with van der Waals surface area (Å²) in [5, 5.41) is 87.4. The van der Waals surface area contributed by atoms with Gasteiger partial charge in [-0.1, -0.05) is 12.1 Å². The molecule has 2 heterocycles. The molecule has 0 aliphatic carbocycles. The highest BCUT2D eigenvalue weighted by Gasteiger charge is 2.34. The van der Waals surface area contributed by atoms with Gasteiger partial charge in [-0.15, -0.1) is 0 Å². The van der Waals surface area contributed by atoms with E-state index in [-0.39, 0.29) is 69.5 Å².